The summed E-state index contributed by atoms with van der Waals surface area (Å²) < 4.78 is 0. The second kappa shape index (κ2) is 7.35. The molecule has 0 aliphatic carbocycles. The van der Waals surface area contributed by atoms with Crippen molar-refractivity contribution in [1.29, 1.82) is 0 Å². The van der Waals surface area contributed by atoms with E-state index in [9.17, 15) is 0 Å². The van der Waals surface area contributed by atoms with Crippen LogP contribution < -0.4 is 4.90 Å². The fourth-order valence-corrected chi connectivity index (χ4v) is 3.62. The van der Waals surface area contributed by atoms with Crippen LogP contribution in [0.1, 0.15) is 52.0 Å². The second-order valence-electron chi connectivity index (χ2n) is 7.10. The van der Waals surface area contributed by atoms with Crippen molar-refractivity contribution >= 4 is 5.69 Å². The minimum absolute atomic E-state index is 0.480. The average molecular weight is 313 g/mol. The molecule has 0 aromatic heterocycles. The zero-order valence-electron chi connectivity index (χ0n) is 15.7. The Labute approximate surface area is 142 Å². The molecular weight excluding hydrogens is 280 g/mol. The summed E-state index contributed by atoms with van der Waals surface area (Å²) in [5.41, 5.74) is 6.72. The van der Waals surface area contributed by atoms with Gasteiger partial charge < -0.3 is 4.90 Å². The van der Waals surface area contributed by atoms with Crippen LogP contribution in [0.15, 0.2) is 47.7 Å². The molecule has 1 aromatic carbocycles. The summed E-state index contributed by atoms with van der Waals surface area (Å²) >= 11 is 0. The predicted molar refractivity (Wildman–Crippen MR) is 102 cm³/mol. The highest BCUT2D eigenvalue weighted by atomic mass is 15.2. The van der Waals surface area contributed by atoms with E-state index < -0.39 is 0 Å². The minimum Gasteiger partial charge on any atom is -0.348 e. The first-order valence-electron chi connectivity index (χ1n) is 8.79. The third kappa shape index (κ3) is 3.69. The van der Waals surface area contributed by atoms with Crippen LogP contribution in [0.3, 0.4) is 0 Å². The molecule has 2 rings (SSSR count). The Morgan fingerprint density at radius 3 is 2.39 bits per heavy atom. The topological polar surface area (TPSA) is 6.48 Å². The minimum atomic E-state index is 0.480. The molecule has 0 fully saturated rings. The largest absolute Gasteiger partial charge is 0.348 e. The maximum atomic E-state index is 4.26. The van der Waals surface area contributed by atoms with Gasteiger partial charge in [0.1, 0.15) is 0 Å². The molecule has 0 bridgehead atoms. The summed E-state index contributed by atoms with van der Waals surface area (Å²) in [5.74, 6) is 0.576. The Balaban J connectivity index is 2.40. The summed E-state index contributed by atoms with van der Waals surface area (Å²) in [4.78, 5) is 4.83. The van der Waals surface area contributed by atoms with E-state index in [1.54, 1.807) is 0 Å². The van der Waals surface area contributed by atoms with Crippen molar-refractivity contribution in [2.75, 3.05) is 25.5 Å². The van der Waals surface area contributed by atoms with E-state index in [0.717, 1.165) is 19.4 Å². The SMILES string of the molecule is C=C(C)C1=C(N(C)c2ccc(C(C)C)cc2)CCN(C)C1CC. The summed E-state index contributed by atoms with van der Waals surface area (Å²) in [6.07, 6.45) is 2.21. The van der Waals surface area contributed by atoms with Crippen molar-refractivity contribution in [3.05, 3.63) is 53.3 Å². The Morgan fingerprint density at radius 2 is 1.91 bits per heavy atom. The van der Waals surface area contributed by atoms with Crippen molar-refractivity contribution in [3.63, 3.8) is 0 Å². The standard InChI is InChI=1S/C21H32N2/c1-8-19-21(16(4)5)20(13-14-22(19)6)23(7)18-11-9-17(10-12-18)15(2)3/h9-12,15,19H,4,8,13-14H2,1-3,5-7H3. The number of rotatable bonds is 5. The molecule has 0 amide bonds. The third-order valence-electron chi connectivity index (χ3n) is 5.08. The van der Waals surface area contributed by atoms with Crippen LogP contribution in [0.2, 0.25) is 0 Å². The second-order valence-corrected chi connectivity index (χ2v) is 7.10. The lowest BCUT2D eigenvalue weighted by atomic mass is 9.90. The normalized spacial score (nSPS) is 19.3. The Kier molecular flexibility index (Phi) is 5.69. The molecular formula is C21H32N2. The quantitative estimate of drug-likeness (QED) is 0.738. The molecule has 0 N–H and O–H groups in total. The lowest BCUT2D eigenvalue weighted by Gasteiger charge is -2.39. The third-order valence-corrected chi connectivity index (χ3v) is 5.08. The monoisotopic (exact) mass is 312 g/mol. The first-order chi connectivity index (χ1) is 10.9. The number of anilines is 1. The van der Waals surface area contributed by atoms with Crippen LogP contribution in [0, 0.1) is 0 Å². The van der Waals surface area contributed by atoms with Crippen LogP contribution in [0.4, 0.5) is 5.69 Å². The summed E-state index contributed by atoms with van der Waals surface area (Å²) in [7, 11) is 4.42. The molecule has 0 saturated heterocycles. The zero-order chi connectivity index (χ0) is 17.1. The molecule has 2 heteroatoms. The first-order valence-corrected chi connectivity index (χ1v) is 8.79. The summed E-state index contributed by atoms with van der Waals surface area (Å²) in [5, 5.41) is 0. The number of hydrogen-bond acceptors (Lipinski definition) is 2. The van der Waals surface area contributed by atoms with Crippen molar-refractivity contribution in [2.45, 2.75) is 52.5 Å². The van der Waals surface area contributed by atoms with Gasteiger partial charge in [0, 0.05) is 37.4 Å². The molecule has 23 heavy (non-hydrogen) atoms. The predicted octanol–water partition coefficient (Wildman–Crippen LogP) is 5.19. The molecule has 0 radical (unpaired) electrons. The number of hydrogen-bond donors (Lipinski definition) is 0. The molecule has 1 atom stereocenters. The van der Waals surface area contributed by atoms with E-state index in [2.05, 4.69) is 82.4 Å². The average Bonchev–Trinajstić information content (AvgIpc) is 2.53. The van der Waals surface area contributed by atoms with E-state index in [1.807, 2.05) is 0 Å². The first kappa shape index (κ1) is 17.8. The van der Waals surface area contributed by atoms with Gasteiger partial charge >= 0.3 is 0 Å². The highest BCUT2D eigenvalue weighted by Gasteiger charge is 2.28. The lowest BCUT2D eigenvalue weighted by Crippen LogP contribution is -2.41. The molecule has 1 unspecified atom stereocenters. The number of nitrogens with zero attached hydrogens (tertiary/aromatic N) is 2. The zero-order valence-corrected chi connectivity index (χ0v) is 15.7. The molecule has 0 saturated carbocycles. The van der Waals surface area contributed by atoms with Gasteiger partial charge in [-0.3, -0.25) is 4.90 Å². The fraction of sp³-hybridized carbons (Fsp3) is 0.524. The van der Waals surface area contributed by atoms with Crippen molar-refractivity contribution in [1.82, 2.24) is 4.90 Å². The van der Waals surface area contributed by atoms with Crippen LogP contribution in [0.5, 0.6) is 0 Å². The van der Waals surface area contributed by atoms with Gasteiger partial charge in [0.25, 0.3) is 0 Å². The van der Waals surface area contributed by atoms with Gasteiger partial charge in [-0.25, -0.2) is 0 Å². The fourth-order valence-electron chi connectivity index (χ4n) is 3.62. The van der Waals surface area contributed by atoms with Gasteiger partial charge in [-0.1, -0.05) is 45.1 Å². The van der Waals surface area contributed by atoms with E-state index in [-0.39, 0.29) is 0 Å². The van der Waals surface area contributed by atoms with E-state index >= 15 is 0 Å². The maximum Gasteiger partial charge on any atom is 0.0405 e. The molecule has 1 aromatic rings. The van der Waals surface area contributed by atoms with E-state index in [0.29, 0.717) is 12.0 Å². The highest BCUT2D eigenvalue weighted by molar-refractivity contribution is 5.56. The van der Waals surface area contributed by atoms with Crippen LogP contribution in [-0.2, 0) is 0 Å². The molecule has 0 spiro atoms. The highest BCUT2D eigenvalue weighted by Crippen LogP contribution is 2.33. The van der Waals surface area contributed by atoms with Crippen LogP contribution in [0.25, 0.3) is 0 Å². The number of likely N-dealkylation sites (N-methyl/N-ethyl adjacent to an activating group) is 1. The molecule has 1 heterocycles. The summed E-state index contributed by atoms with van der Waals surface area (Å²) in [6.45, 7) is 14.3. The van der Waals surface area contributed by atoms with Gasteiger partial charge in [-0.15, -0.1) is 0 Å². The van der Waals surface area contributed by atoms with Gasteiger partial charge in [-0.2, -0.15) is 0 Å². The molecule has 1 aliphatic rings. The smallest absolute Gasteiger partial charge is 0.0405 e. The van der Waals surface area contributed by atoms with Gasteiger partial charge in [0.2, 0.25) is 0 Å². The Morgan fingerprint density at radius 1 is 1.30 bits per heavy atom. The lowest BCUT2D eigenvalue weighted by molar-refractivity contribution is 0.252. The summed E-state index contributed by atoms with van der Waals surface area (Å²) in [6, 6.07) is 9.48. The van der Waals surface area contributed by atoms with Gasteiger partial charge in [0.05, 0.1) is 0 Å². The molecule has 2 nitrogen and oxygen atoms in total. The van der Waals surface area contributed by atoms with Gasteiger partial charge in [0.15, 0.2) is 0 Å². The van der Waals surface area contributed by atoms with Crippen molar-refractivity contribution in [2.24, 2.45) is 0 Å². The molecule has 1 aliphatic heterocycles. The maximum absolute atomic E-state index is 4.26. The van der Waals surface area contributed by atoms with Crippen molar-refractivity contribution in [3.8, 4) is 0 Å². The van der Waals surface area contributed by atoms with E-state index in [1.165, 1.54) is 28.1 Å². The van der Waals surface area contributed by atoms with E-state index in [4.69, 9.17) is 0 Å². The Bertz CT molecular complexity index is 580. The van der Waals surface area contributed by atoms with Crippen molar-refractivity contribution < 1.29 is 0 Å². The molecule has 126 valence electrons. The van der Waals surface area contributed by atoms with Gasteiger partial charge in [-0.05, 0) is 49.6 Å². The Hall–Kier alpha value is -1.54. The van der Waals surface area contributed by atoms with Crippen LogP contribution in [-0.4, -0.2) is 31.6 Å². The number of benzene rings is 1. The van der Waals surface area contributed by atoms with Crippen LogP contribution >= 0.6 is 0 Å².